The summed E-state index contributed by atoms with van der Waals surface area (Å²) in [5.74, 6) is -0.532. The maximum Gasteiger partial charge on any atom is 0.258 e. The number of halogens is 2. The number of phenolic OH excluding ortho intramolecular Hbond substituents is 1. The first-order valence-electron chi connectivity index (χ1n) is 6.98. The molecule has 1 aliphatic rings. The summed E-state index contributed by atoms with van der Waals surface area (Å²) < 4.78 is 0. The van der Waals surface area contributed by atoms with Gasteiger partial charge in [-0.05, 0) is 37.1 Å². The van der Waals surface area contributed by atoms with Crippen LogP contribution in [0.15, 0.2) is 36.5 Å². The molecule has 114 valence electrons. The number of pyridine rings is 1. The van der Waals surface area contributed by atoms with E-state index in [4.69, 9.17) is 23.2 Å². The van der Waals surface area contributed by atoms with Crippen molar-refractivity contribution in [2.24, 2.45) is 0 Å². The van der Waals surface area contributed by atoms with Gasteiger partial charge in [-0.25, -0.2) is 0 Å². The molecule has 22 heavy (non-hydrogen) atoms. The molecular formula is C16H14Cl2N2O2. The number of hydrogen-bond acceptors (Lipinski definition) is 3. The summed E-state index contributed by atoms with van der Waals surface area (Å²) in [5, 5.41) is 10.3. The van der Waals surface area contributed by atoms with Crippen LogP contribution in [-0.2, 0) is 0 Å². The van der Waals surface area contributed by atoms with E-state index in [9.17, 15) is 9.90 Å². The van der Waals surface area contributed by atoms with Crippen LogP contribution in [0.25, 0.3) is 0 Å². The molecule has 0 saturated carbocycles. The SMILES string of the molecule is O=C(c1ccc(Cl)c(Cl)c1O)N1CCC[C@@H]1c1ccccn1. The number of benzene rings is 1. The average Bonchev–Trinajstić information content (AvgIpc) is 3.03. The third-order valence-corrected chi connectivity index (χ3v) is 4.64. The van der Waals surface area contributed by atoms with Gasteiger partial charge in [0, 0.05) is 12.7 Å². The smallest absolute Gasteiger partial charge is 0.258 e. The van der Waals surface area contributed by atoms with Crippen LogP contribution in [0.1, 0.15) is 34.9 Å². The van der Waals surface area contributed by atoms with E-state index >= 15 is 0 Å². The Morgan fingerprint density at radius 3 is 2.82 bits per heavy atom. The highest BCUT2D eigenvalue weighted by molar-refractivity contribution is 6.43. The Morgan fingerprint density at radius 2 is 2.09 bits per heavy atom. The van der Waals surface area contributed by atoms with E-state index in [0.29, 0.717) is 6.54 Å². The van der Waals surface area contributed by atoms with Crippen molar-refractivity contribution >= 4 is 29.1 Å². The summed E-state index contributed by atoms with van der Waals surface area (Å²) in [7, 11) is 0. The number of amides is 1. The fraction of sp³-hybridized carbons (Fsp3) is 0.250. The summed E-state index contributed by atoms with van der Waals surface area (Å²) >= 11 is 11.8. The third kappa shape index (κ3) is 2.64. The highest BCUT2D eigenvalue weighted by Gasteiger charge is 2.32. The monoisotopic (exact) mass is 336 g/mol. The fourth-order valence-corrected chi connectivity index (χ4v) is 3.07. The van der Waals surface area contributed by atoms with E-state index < -0.39 is 0 Å². The third-order valence-electron chi connectivity index (χ3n) is 3.84. The first-order chi connectivity index (χ1) is 10.6. The van der Waals surface area contributed by atoms with Crippen molar-refractivity contribution in [1.29, 1.82) is 0 Å². The van der Waals surface area contributed by atoms with E-state index in [-0.39, 0.29) is 33.3 Å². The zero-order valence-corrected chi connectivity index (χ0v) is 13.2. The van der Waals surface area contributed by atoms with Crippen LogP contribution < -0.4 is 0 Å². The van der Waals surface area contributed by atoms with Crippen LogP contribution in [0.3, 0.4) is 0 Å². The second-order valence-electron chi connectivity index (χ2n) is 5.17. The molecule has 0 radical (unpaired) electrons. The summed E-state index contributed by atoms with van der Waals surface area (Å²) in [6.07, 6.45) is 3.47. The van der Waals surface area contributed by atoms with Crippen LogP contribution >= 0.6 is 23.2 Å². The lowest BCUT2D eigenvalue weighted by molar-refractivity contribution is 0.0730. The first-order valence-corrected chi connectivity index (χ1v) is 7.74. The Hall–Kier alpha value is -1.78. The number of aromatic hydroxyl groups is 1. The van der Waals surface area contributed by atoms with Crippen molar-refractivity contribution < 1.29 is 9.90 Å². The number of nitrogens with zero attached hydrogens (tertiary/aromatic N) is 2. The largest absolute Gasteiger partial charge is 0.505 e. The minimum atomic E-state index is -0.272. The molecule has 2 aromatic rings. The molecule has 1 aliphatic heterocycles. The van der Waals surface area contributed by atoms with Crippen LogP contribution in [0, 0.1) is 0 Å². The highest BCUT2D eigenvalue weighted by atomic mass is 35.5. The van der Waals surface area contributed by atoms with Gasteiger partial charge in [0.15, 0.2) is 0 Å². The molecule has 0 unspecified atom stereocenters. The molecule has 6 heteroatoms. The summed E-state index contributed by atoms with van der Waals surface area (Å²) in [6.45, 7) is 0.625. The molecular weight excluding hydrogens is 323 g/mol. The molecule has 1 fully saturated rings. The summed E-state index contributed by atoms with van der Waals surface area (Å²) in [6, 6.07) is 8.59. The second kappa shape index (κ2) is 6.15. The first kappa shape index (κ1) is 15.1. The van der Waals surface area contributed by atoms with Crippen molar-refractivity contribution in [2.45, 2.75) is 18.9 Å². The summed E-state index contributed by atoms with van der Waals surface area (Å²) in [4.78, 5) is 18.8. The van der Waals surface area contributed by atoms with Crippen molar-refractivity contribution in [1.82, 2.24) is 9.88 Å². The lowest BCUT2D eigenvalue weighted by Gasteiger charge is -2.25. The zero-order valence-electron chi connectivity index (χ0n) is 11.7. The Morgan fingerprint density at radius 1 is 1.27 bits per heavy atom. The maximum atomic E-state index is 12.8. The van der Waals surface area contributed by atoms with Gasteiger partial charge in [0.2, 0.25) is 0 Å². The molecule has 4 nitrogen and oxygen atoms in total. The normalized spacial score (nSPS) is 17.7. The van der Waals surface area contributed by atoms with Crippen molar-refractivity contribution in [3.05, 3.63) is 57.8 Å². The number of rotatable bonds is 2. The van der Waals surface area contributed by atoms with Crippen LogP contribution in [0.2, 0.25) is 10.0 Å². The molecule has 0 spiro atoms. The summed E-state index contributed by atoms with van der Waals surface area (Å²) in [5.41, 5.74) is 1.02. The number of carbonyl (C=O) groups is 1. The lowest BCUT2D eigenvalue weighted by Crippen LogP contribution is -2.31. The molecule has 1 N–H and O–H groups in total. The number of carbonyl (C=O) groups excluding carboxylic acids is 1. The topological polar surface area (TPSA) is 53.4 Å². The highest BCUT2D eigenvalue weighted by Crippen LogP contribution is 2.37. The number of hydrogen-bond donors (Lipinski definition) is 1. The second-order valence-corrected chi connectivity index (χ2v) is 5.95. The van der Waals surface area contributed by atoms with Crippen molar-refractivity contribution in [2.75, 3.05) is 6.54 Å². The Kier molecular flexibility index (Phi) is 4.23. The average molecular weight is 337 g/mol. The van der Waals surface area contributed by atoms with E-state index in [1.165, 1.54) is 12.1 Å². The molecule has 1 saturated heterocycles. The molecule has 1 aromatic carbocycles. The van der Waals surface area contributed by atoms with Gasteiger partial charge in [0.25, 0.3) is 5.91 Å². The molecule has 1 aromatic heterocycles. The van der Waals surface area contributed by atoms with E-state index in [1.807, 2.05) is 18.2 Å². The Bertz CT molecular complexity index is 707. The molecule has 2 heterocycles. The standard InChI is InChI=1S/C16H14Cl2N2O2/c17-11-7-6-10(15(21)14(11)18)16(22)20-9-3-5-13(20)12-4-1-2-8-19-12/h1-2,4,6-8,13,21H,3,5,9H2/t13-/m1/s1. The van der Waals surface area contributed by atoms with E-state index in [1.54, 1.807) is 11.1 Å². The van der Waals surface area contributed by atoms with Crippen LogP contribution in [0.4, 0.5) is 0 Å². The Labute approximate surface area is 138 Å². The van der Waals surface area contributed by atoms with Gasteiger partial charge >= 0.3 is 0 Å². The van der Waals surface area contributed by atoms with Crippen molar-refractivity contribution in [3.63, 3.8) is 0 Å². The van der Waals surface area contributed by atoms with Gasteiger partial charge in [-0.3, -0.25) is 9.78 Å². The van der Waals surface area contributed by atoms with E-state index in [2.05, 4.69) is 4.98 Å². The molecule has 3 rings (SSSR count). The van der Waals surface area contributed by atoms with Crippen molar-refractivity contribution in [3.8, 4) is 5.75 Å². The molecule has 0 bridgehead atoms. The minimum absolute atomic E-state index is 0.00102. The molecule has 0 aliphatic carbocycles. The molecule has 1 amide bonds. The number of likely N-dealkylation sites (tertiary alicyclic amines) is 1. The predicted molar refractivity (Wildman–Crippen MR) is 85.4 cm³/mol. The van der Waals surface area contributed by atoms with Gasteiger partial charge in [0.05, 0.1) is 22.3 Å². The van der Waals surface area contributed by atoms with Gasteiger partial charge in [0.1, 0.15) is 10.8 Å². The van der Waals surface area contributed by atoms with Gasteiger partial charge < -0.3 is 10.0 Å². The number of phenols is 1. The zero-order chi connectivity index (χ0) is 15.7. The number of aromatic nitrogens is 1. The Balaban J connectivity index is 1.93. The van der Waals surface area contributed by atoms with Crippen LogP contribution in [-0.4, -0.2) is 27.4 Å². The van der Waals surface area contributed by atoms with Gasteiger partial charge in [-0.1, -0.05) is 29.3 Å². The minimum Gasteiger partial charge on any atom is -0.505 e. The van der Waals surface area contributed by atoms with Crippen LogP contribution in [0.5, 0.6) is 5.75 Å². The van der Waals surface area contributed by atoms with Gasteiger partial charge in [-0.2, -0.15) is 0 Å². The van der Waals surface area contributed by atoms with E-state index in [0.717, 1.165) is 18.5 Å². The predicted octanol–water partition coefficient (Wildman–Crippen LogP) is 4.07. The molecule has 1 atom stereocenters. The quantitative estimate of drug-likeness (QED) is 0.899. The lowest BCUT2D eigenvalue weighted by atomic mass is 10.1. The maximum absolute atomic E-state index is 12.8. The fourth-order valence-electron chi connectivity index (χ4n) is 2.76. The van der Waals surface area contributed by atoms with Gasteiger partial charge in [-0.15, -0.1) is 0 Å².